The van der Waals surface area contributed by atoms with Crippen molar-refractivity contribution in [3.8, 4) is 11.4 Å². The highest BCUT2D eigenvalue weighted by molar-refractivity contribution is 6.05. The molecule has 0 aliphatic carbocycles. The number of nitrogens with zero attached hydrogens (tertiary/aromatic N) is 3. The summed E-state index contributed by atoms with van der Waals surface area (Å²) < 4.78 is 10.9. The first kappa shape index (κ1) is 22.6. The van der Waals surface area contributed by atoms with Crippen LogP contribution in [0.2, 0.25) is 0 Å². The molecule has 2 N–H and O–H groups in total. The van der Waals surface area contributed by atoms with Crippen LogP contribution in [0.25, 0.3) is 22.4 Å². The highest BCUT2D eigenvalue weighted by Crippen LogP contribution is 2.26. The van der Waals surface area contributed by atoms with Gasteiger partial charge in [-0.15, -0.1) is 0 Å². The van der Waals surface area contributed by atoms with Crippen molar-refractivity contribution in [1.82, 2.24) is 9.97 Å². The Kier molecular flexibility index (Phi) is 6.27. The van der Waals surface area contributed by atoms with E-state index in [0.29, 0.717) is 11.3 Å². The van der Waals surface area contributed by atoms with Gasteiger partial charge in [-0.05, 0) is 66.7 Å². The number of ether oxygens (including phenoxy) is 2. The number of carbonyl (C=O) groups is 1. The van der Waals surface area contributed by atoms with Crippen molar-refractivity contribution in [1.29, 1.82) is 0 Å². The Morgan fingerprint density at radius 3 is 1.97 bits per heavy atom. The molecule has 2 aliphatic heterocycles. The number of aromatic nitrogens is 2. The van der Waals surface area contributed by atoms with Crippen LogP contribution in [0, 0.1) is 0 Å². The third kappa shape index (κ3) is 4.78. The van der Waals surface area contributed by atoms with E-state index < -0.39 is 0 Å². The van der Waals surface area contributed by atoms with Gasteiger partial charge in [0.05, 0.1) is 37.5 Å². The summed E-state index contributed by atoms with van der Waals surface area (Å²) in [5.41, 5.74) is 6.40. The molecule has 0 radical (unpaired) electrons. The van der Waals surface area contributed by atoms with Crippen LogP contribution in [0.1, 0.15) is 10.4 Å². The summed E-state index contributed by atoms with van der Waals surface area (Å²) in [6.07, 6.45) is 0. The smallest absolute Gasteiger partial charge is 0.255 e. The minimum atomic E-state index is -0.141. The Hall–Kier alpha value is -3.88. The quantitative estimate of drug-likeness (QED) is 0.444. The molecule has 2 saturated heterocycles. The second-order valence-electron chi connectivity index (χ2n) is 9.06. The Balaban J connectivity index is 1.14. The number of morpholine rings is 2. The molecular weight excluding hydrogens is 454 g/mol. The summed E-state index contributed by atoms with van der Waals surface area (Å²) in [7, 11) is 0. The molecule has 2 aliphatic rings. The van der Waals surface area contributed by atoms with Gasteiger partial charge in [-0.1, -0.05) is 0 Å². The number of H-pyrrole nitrogens is 1. The van der Waals surface area contributed by atoms with Crippen molar-refractivity contribution in [2.45, 2.75) is 0 Å². The summed E-state index contributed by atoms with van der Waals surface area (Å²) in [5.74, 6) is 0.665. The predicted octanol–water partition coefficient (Wildman–Crippen LogP) is 4.16. The monoisotopic (exact) mass is 483 g/mol. The zero-order valence-corrected chi connectivity index (χ0v) is 20.1. The summed E-state index contributed by atoms with van der Waals surface area (Å²) in [5, 5.41) is 3.00. The number of nitrogens with one attached hydrogen (secondary N) is 2. The lowest BCUT2D eigenvalue weighted by Crippen LogP contribution is -2.36. The van der Waals surface area contributed by atoms with Gasteiger partial charge in [-0.2, -0.15) is 0 Å². The van der Waals surface area contributed by atoms with Gasteiger partial charge in [0, 0.05) is 54.4 Å². The maximum atomic E-state index is 12.8. The molecule has 3 aromatic carbocycles. The van der Waals surface area contributed by atoms with Crippen molar-refractivity contribution >= 4 is 34.0 Å². The molecule has 0 atom stereocenters. The van der Waals surface area contributed by atoms with Gasteiger partial charge in [-0.3, -0.25) is 4.79 Å². The van der Waals surface area contributed by atoms with Crippen LogP contribution in [0.5, 0.6) is 0 Å². The standard InChI is InChI=1S/C28H29N5O3/c34-28(21-3-8-24(9-4-21)33-13-17-36-18-14-33)29-22-5-10-25-26(19-22)31-27(30-25)20-1-6-23(7-2-20)32-11-15-35-16-12-32/h1-10,19H,11-18H2,(H,29,34)(H,30,31). The topological polar surface area (TPSA) is 82.7 Å². The third-order valence-electron chi connectivity index (χ3n) is 6.76. The third-order valence-corrected chi connectivity index (χ3v) is 6.76. The highest BCUT2D eigenvalue weighted by atomic mass is 16.5. The van der Waals surface area contributed by atoms with E-state index >= 15 is 0 Å². The fourth-order valence-electron chi connectivity index (χ4n) is 4.72. The van der Waals surface area contributed by atoms with Crippen molar-refractivity contribution in [2.24, 2.45) is 0 Å². The van der Waals surface area contributed by atoms with Crippen LogP contribution in [0.15, 0.2) is 66.7 Å². The van der Waals surface area contributed by atoms with E-state index in [1.807, 2.05) is 42.5 Å². The van der Waals surface area contributed by atoms with Gasteiger partial charge in [0.2, 0.25) is 0 Å². The fraction of sp³-hybridized carbons (Fsp3) is 0.286. The second kappa shape index (κ2) is 10.0. The normalized spacial score (nSPS) is 16.3. The Morgan fingerprint density at radius 2 is 1.36 bits per heavy atom. The average molecular weight is 484 g/mol. The second-order valence-corrected chi connectivity index (χ2v) is 9.06. The van der Waals surface area contributed by atoms with Crippen molar-refractivity contribution in [3.05, 3.63) is 72.3 Å². The molecule has 36 heavy (non-hydrogen) atoms. The molecule has 1 amide bonds. The molecule has 8 nitrogen and oxygen atoms in total. The zero-order valence-electron chi connectivity index (χ0n) is 20.1. The molecule has 0 saturated carbocycles. The van der Waals surface area contributed by atoms with E-state index in [9.17, 15) is 4.79 Å². The SMILES string of the molecule is O=C(Nc1ccc2[nH]c(-c3ccc(N4CCOCC4)cc3)nc2c1)c1ccc(N2CCOCC2)cc1. The Morgan fingerprint density at radius 1 is 0.778 bits per heavy atom. The van der Waals surface area contributed by atoms with Crippen LogP contribution >= 0.6 is 0 Å². The van der Waals surface area contributed by atoms with E-state index in [4.69, 9.17) is 14.5 Å². The summed E-state index contributed by atoms with van der Waals surface area (Å²) in [6, 6.07) is 21.9. The van der Waals surface area contributed by atoms with E-state index in [2.05, 4.69) is 44.4 Å². The Bertz CT molecular complexity index is 1340. The number of hydrogen-bond donors (Lipinski definition) is 2. The lowest BCUT2D eigenvalue weighted by molar-refractivity contribution is 0.102. The summed E-state index contributed by atoms with van der Waals surface area (Å²) in [4.78, 5) is 25.6. The van der Waals surface area contributed by atoms with Gasteiger partial charge in [0.1, 0.15) is 5.82 Å². The van der Waals surface area contributed by atoms with Crippen LogP contribution in [0.3, 0.4) is 0 Å². The molecule has 1 aromatic heterocycles. The molecule has 3 heterocycles. The molecule has 0 unspecified atom stereocenters. The number of anilines is 3. The summed E-state index contributed by atoms with van der Waals surface area (Å²) in [6.45, 7) is 6.57. The number of rotatable bonds is 5. The lowest BCUT2D eigenvalue weighted by atomic mass is 10.1. The van der Waals surface area contributed by atoms with Crippen molar-refractivity contribution < 1.29 is 14.3 Å². The molecular formula is C28H29N5O3. The average Bonchev–Trinajstić information content (AvgIpc) is 3.38. The minimum Gasteiger partial charge on any atom is -0.378 e. The number of hydrogen-bond acceptors (Lipinski definition) is 6. The molecule has 0 spiro atoms. The highest BCUT2D eigenvalue weighted by Gasteiger charge is 2.14. The number of amides is 1. The number of fused-ring (bicyclic) bond motifs is 1. The fourth-order valence-corrected chi connectivity index (χ4v) is 4.72. The largest absolute Gasteiger partial charge is 0.378 e. The van der Waals surface area contributed by atoms with Crippen LogP contribution < -0.4 is 15.1 Å². The van der Waals surface area contributed by atoms with E-state index in [1.165, 1.54) is 5.69 Å². The zero-order chi connectivity index (χ0) is 24.3. The maximum absolute atomic E-state index is 12.8. The lowest BCUT2D eigenvalue weighted by Gasteiger charge is -2.28. The van der Waals surface area contributed by atoms with Crippen molar-refractivity contribution in [2.75, 3.05) is 67.7 Å². The first-order valence-corrected chi connectivity index (χ1v) is 12.4. The van der Waals surface area contributed by atoms with E-state index in [1.54, 1.807) is 0 Å². The summed E-state index contributed by atoms with van der Waals surface area (Å²) >= 11 is 0. The number of carbonyl (C=O) groups excluding carboxylic acids is 1. The predicted molar refractivity (Wildman–Crippen MR) is 142 cm³/mol. The maximum Gasteiger partial charge on any atom is 0.255 e. The van der Waals surface area contributed by atoms with Crippen molar-refractivity contribution in [3.63, 3.8) is 0 Å². The number of benzene rings is 3. The van der Waals surface area contributed by atoms with Gasteiger partial charge >= 0.3 is 0 Å². The van der Waals surface area contributed by atoms with Gasteiger partial charge in [0.15, 0.2) is 0 Å². The van der Waals surface area contributed by atoms with Gasteiger partial charge in [0.25, 0.3) is 5.91 Å². The van der Waals surface area contributed by atoms with Gasteiger partial charge in [-0.25, -0.2) is 4.98 Å². The number of aromatic amines is 1. The van der Waals surface area contributed by atoms with Crippen LogP contribution in [0.4, 0.5) is 17.1 Å². The molecule has 0 bridgehead atoms. The molecule has 8 heteroatoms. The van der Waals surface area contributed by atoms with Gasteiger partial charge < -0.3 is 29.6 Å². The number of imidazole rings is 1. The van der Waals surface area contributed by atoms with Crippen LogP contribution in [-0.2, 0) is 9.47 Å². The first-order chi connectivity index (χ1) is 17.7. The van der Waals surface area contributed by atoms with E-state index in [-0.39, 0.29) is 5.91 Å². The molecule has 4 aromatic rings. The molecule has 6 rings (SSSR count). The Labute approximate surface area is 209 Å². The molecule has 184 valence electrons. The van der Waals surface area contributed by atoms with E-state index in [0.717, 1.165) is 80.7 Å². The first-order valence-electron chi connectivity index (χ1n) is 12.4. The molecule has 2 fully saturated rings. The van der Waals surface area contributed by atoms with Crippen LogP contribution in [-0.4, -0.2) is 68.5 Å². The minimum absolute atomic E-state index is 0.141.